The van der Waals surface area contributed by atoms with Crippen LogP contribution >= 0.6 is 0 Å². The Bertz CT molecular complexity index is 291. The number of anilines is 1. The monoisotopic (exact) mass is 191 g/mol. The van der Waals surface area contributed by atoms with Gasteiger partial charge in [0, 0.05) is 6.54 Å². The van der Waals surface area contributed by atoms with E-state index in [1.165, 1.54) is 0 Å². The van der Waals surface area contributed by atoms with Crippen molar-refractivity contribution in [2.24, 2.45) is 5.73 Å². The zero-order valence-electron chi connectivity index (χ0n) is 6.60. The van der Waals surface area contributed by atoms with E-state index < -0.39 is 23.6 Å². The Kier molecular flexibility index (Phi) is 2.72. The van der Waals surface area contributed by atoms with Gasteiger partial charge in [0.25, 0.3) is 6.43 Å². The molecule has 1 heterocycles. The lowest BCUT2D eigenvalue weighted by molar-refractivity contribution is 0.147. The summed E-state index contributed by atoms with van der Waals surface area (Å²) in [7, 11) is 0. The first-order valence-corrected chi connectivity index (χ1v) is 3.49. The third-order valence-electron chi connectivity index (χ3n) is 1.52. The molecular formula is C7H8F3N3. The highest BCUT2D eigenvalue weighted by atomic mass is 19.3. The van der Waals surface area contributed by atoms with Gasteiger partial charge in [-0.15, -0.1) is 0 Å². The Morgan fingerprint density at radius 2 is 2.08 bits per heavy atom. The van der Waals surface area contributed by atoms with Gasteiger partial charge < -0.3 is 11.5 Å². The number of pyridine rings is 1. The molecule has 0 aliphatic rings. The van der Waals surface area contributed by atoms with Crippen LogP contribution in [0.2, 0.25) is 0 Å². The van der Waals surface area contributed by atoms with E-state index in [2.05, 4.69) is 4.98 Å². The number of nitrogens with two attached hydrogens (primary N) is 2. The molecule has 6 heteroatoms. The molecule has 0 saturated heterocycles. The zero-order valence-corrected chi connectivity index (χ0v) is 6.60. The number of hydrogen-bond donors (Lipinski definition) is 2. The molecule has 0 bridgehead atoms. The fourth-order valence-electron chi connectivity index (χ4n) is 0.914. The van der Waals surface area contributed by atoms with Gasteiger partial charge in [0.05, 0.1) is 11.3 Å². The first kappa shape index (κ1) is 9.79. The molecule has 0 aliphatic heterocycles. The van der Waals surface area contributed by atoms with Crippen LogP contribution in [-0.4, -0.2) is 4.98 Å². The molecule has 0 aromatic carbocycles. The maximum Gasteiger partial charge on any atom is 0.270 e. The summed E-state index contributed by atoms with van der Waals surface area (Å²) in [5.74, 6) is -1.57. The molecule has 0 saturated carbocycles. The van der Waals surface area contributed by atoms with Gasteiger partial charge in [-0.2, -0.15) is 0 Å². The van der Waals surface area contributed by atoms with Crippen molar-refractivity contribution >= 4 is 5.82 Å². The highest BCUT2D eigenvalue weighted by Crippen LogP contribution is 2.26. The molecule has 0 aliphatic carbocycles. The Hall–Kier alpha value is -1.30. The standard InChI is InChI=1S/C7H8F3N3/c8-4-1-3(2-11)13-7(12)5(4)6(9)10/h1,6H,2,11H2,(H2,12,13). The van der Waals surface area contributed by atoms with E-state index in [0.29, 0.717) is 0 Å². The lowest BCUT2D eigenvalue weighted by atomic mass is 10.2. The summed E-state index contributed by atoms with van der Waals surface area (Å²) >= 11 is 0. The molecule has 4 N–H and O–H groups in total. The fourth-order valence-corrected chi connectivity index (χ4v) is 0.914. The number of nitrogens with zero attached hydrogens (tertiary/aromatic N) is 1. The Morgan fingerprint density at radius 3 is 2.46 bits per heavy atom. The maximum absolute atomic E-state index is 12.9. The average Bonchev–Trinajstić information content (AvgIpc) is 2.02. The topological polar surface area (TPSA) is 64.9 Å². The smallest absolute Gasteiger partial charge is 0.270 e. The van der Waals surface area contributed by atoms with Crippen molar-refractivity contribution in [1.82, 2.24) is 4.98 Å². The quantitative estimate of drug-likeness (QED) is 0.738. The van der Waals surface area contributed by atoms with Gasteiger partial charge in [0.1, 0.15) is 11.6 Å². The number of nitrogen functional groups attached to an aromatic ring is 1. The molecule has 1 aromatic rings. The molecule has 0 fully saturated rings. The lowest BCUT2D eigenvalue weighted by Crippen LogP contribution is -2.07. The Labute approximate surface area is 72.6 Å². The lowest BCUT2D eigenvalue weighted by Gasteiger charge is -2.06. The molecule has 1 rings (SSSR count). The summed E-state index contributed by atoms with van der Waals surface area (Å²) in [6.45, 7) is -0.0371. The van der Waals surface area contributed by atoms with E-state index in [0.717, 1.165) is 6.07 Å². The minimum absolute atomic E-state index is 0.0371. The maximum atomic E-state index is 12.9. The van der Waals surface area contributed by atoms with Crippen molar-refractivity contribution < 1.29 is 13.2 Å². The number of alkyl halides is 2. The third kappa shape index (κ3) is 1.89. The van der Waals surface area contributed by atoms with Crippen LogP contribution in [0.1, 0.15) is 17.7 Å². The highest BCUT2D eigenvalue weighted by molar-refractivity contribution is 5.42. The number of rotatable bonds is 2. The normalized spacial score (nSPS) is 10.8. The molecule has 1 aromatic heterocycles. The van der Waals surface area contributed by atoms with Crippen molar-refractivity contribution in [3.63, 3.8) is 0 Å². The predicted molar refractivity (Wildman–Crippen MR) is 41.5 cm³/mol. The van der Waals surface area contributed by atoms with Crippen molar-refractivity contribution in [2.75, 3.05) is 5.73 Å². The van der Waals surface area contributed by atoms with Crippen LogP contribution in [0.15, 0.2) is 6.07 Å². The largest absolute Gasteiger partial charge is 0.383 e. The van der Waals surface area contributed by atoms with Gasteiger partial charge in [-0.05, 0) is 6.07 Å². The van der Waals surface area contributed by atoms with Crippen molar-refractivity contribution in [2.45, 2.75) is 13.0 Å². The summed E-state index contributed by atoms with van der Waals surface area (Å²) in [6.07, 6.45) is -2.96. The van der Waals surface area contributed by atoms with Gasteiger partial charge in [0.2, 0.25) is 0 Å². The Morgan fingerprint density at radius 1 is 1.46 bits per heavy atom. The number of aromatic nitrogens is 1. The molecule has 0 atom stereocenters. The molecule has 3 nitrogen and oxygen atoms in total. The van der Waals surface area contributed by atoms with Crippen molar-refractivity contribution in [1.29, 1.82) is 0 Å². The van der Waals surface area contributed by atoms with E-state index >= 15 is 0 Å². The van der Waals surface area contributed by atoms with Gasteiger partial charge in [0.15, 0.2) is 0 Å². The van der Waals surface area contributed by atoms with Gasteiger partial charge in [-0.1, -0.05) is 0 Å². The molecule has 0 unspecified atom stereocenters. The molecule has 0 amide bonds. The fraction of sp³-hybridized carbons (Fsp3) is 0.286. The SMILES string of the molecule is NCc1cc(F)c(C(F)F)c(N)n1. The van der Waals surface area contributed by atoms with Crippen LogP contribution in [0.3, 0.4) is 0 Å². The average molecular weight is 191 g/mol. The van der Waals surface area contributed by atoms with Crippen molar-refractivity contribution in [3.8, 4) is 0 Å². The van der Waals surface area contributed by atoms with Gasteiger partial charge in [-0.25, -0.2) is 18.2 Å². The van der Waals surface area contributed by atoms with Crippen LogP contribution in [-0.2, 0) is 6.54 Å². The van der Waals surface area contributed by atoms with Crippen LogP contribution in [0, 0.1) is 5.82 Å². The van der Waals surface area contributed by atoms with Crippen LogP contribution < -0.4 is 11.5 Å². The molecule has 72 valence electrons. The van der Waals surface area contributed by atoms with Crippen molar-refractivity contribution in [3.05, 3.63) is 23.1 Å². The second-order valence-corrected chi connectivity index (χ2v) is 2.40. The summed E-state index contributed by atoms with van der Waals surface area (Å²) in [5, 5.41) is 0. The first-order valence-electron chi connectivity index (χ1n) is 3.49. The van der Waals surface area contributed by atoms with Crippen LogP contribution in [0.5, 0.6) is 0 Å². The van der Waals surface area contributed by atoms with Crippen LogP contribution in [0.4, 0.5) is 19.0 Å². The molecule has 0 radical (unpaired) electrons. The van der Waals surface area contributed by atoms with E-state index in [-0.39, 0.29) is 12.2 Å². The summed E-state index contributed by atoms with van der Waals surface area (Å²) in [5.41, 5.74) is 9.54. The van der Waals surface area contributed by atoms with Crippen LogP contribution in [0.25, 0.3) is 0 Å². The highest BCUT2D eigenvalue weighted by Gasteiger charge is 2.18. The number of halogens is 3. The predicted octanol–water partition coefficient (Wildman–Crippen LogP) is 1.20. The summed E-state index contributed by atoms with van der Waals surface area (Å²) in [4.78, 5) is 3.51. The van der Waals surface area contributed by atoms with E-state index in [1.807, 2.05) is 0 Å². The zero-order chi connectivity index (χ0) is 10.0. The van der Waals surface area contributed by atoms with Gasteiger partial charge in [-0.3, -0.25) is 0 Å². The second kappa shape index (κ2) is 3.61. The molecule has 13 heavy (non-hydrogen) atoms. The third-order valence-corrected chi connectivity index (χ3v) is 1.52. The van der Waals surface area contributed by atoms with Gasteiger partial charge >= 0.3 is 0 Å². The van der Waals surface area contributed by atoms with E-state index in [4.69, 9.17) is 11.5 Å². The summed E-state index contributed by atoms with van der Waals surface area (Å²) < 4.78 is 37.2. The van der Waals surface area contributed by atoms with E-state index in [1.54, 1.807) is 0 Å². The minimum Gasteiger partial charge on any atom is -0.383 e. The summed E-state index contributed by atoms with van der Waals surface area (Å²) in [6, 6.07) is 0.859. The minimum atomic E-state index is -2.96. The van der Waals surface area contributed by atoms with E-state index in [9.17, 15) is 13.2 Å². The first-order chi connectivity index (χ1) is 6.06. The Balaban J connectivity index is 3.23. The second-order valence-electron chi connectivity index (χ2n) is 2.40. The molecular weight excluding hydrogens is 183 g/mol. The number of hydrogen-bond acceptors (Lipinski definition) is 3. The molecule has 0 spiro atoms.